The summed E-state index contributed by atoms with van der Waals surface area (Å²) in [5.74, 6) is 0. The predicted molar refractivity (Wildman–Crippen MR) is 95.0 cm³/mol. The second-order valence-corrected chi connectivity index (χ2v) is 7.05. The zero-order valence-corrected chi connectivity index (χ0v) is 13.8. The molecular weight excluding hydrogens is 274 g/mol. The molecule has 1 aliphatic heterocycles. The number of allylic oxidation sites excluding steroid dienone is 1. The molecule has 0 aliphatic carbocycles. The van der Waals surface area contributed by atoms with Crippen LogP contribution in [0.15, 0.2) is 53.4 Å². The van der Waals surface area contributed by atoms with Crippen molar-refractivity contribution >= 4 is 23.0 Å². The fourth-order valence-electron chi connectivity index (χ4n) is 2.96. The van der Waals surface area contributed by atoms with Gasteiger partial charge in [0.1, 0.15) is 0 Å². The topological polar surface area (TPSA) is 12.0 Å². The van der Waals surface area contributed by atoms with E-state index in [0.29, 0.717) is 0 Å². The van der Waals surface area contributed by atoms with Crippen LogP contribution >= 0.6 is 11.8 Å². The molecule has 0 fully saturated rings. The smallest absolute Gasteiger partial charge is 0.0505 e. The molecule has 2 heteroatoms. The standard InChI is InChI=1S/C19H21NS/c1-13-12-19(2,3)20-18-9-8-15(11-17(13)18)14-6-5-7-16(10-14)21-4/h5-12,20H,1-4H3. The molecule has 0 saturated heterocycles. The van der Waals surface area contributed by atoms with E-state index in [4.69, 9.17) is 0 Å². The van der Waals surface area contributed by atoms with Gasteiger partial charge in [0.05, 0.1) is 5.54 Å². The van der Waals surface area contributed by atoms with Gasteiger partial charge in [0.2, 0.25) is 0 Å². The summed E-state index contributed by atoms with van der Waals surface area (Å²) in [4.78, 5) is 1.30. The summed E-state index contributed by atoms with van der Waals surface area (Å²) >= 11 is 1.78. The van der Waals surface area contributed by atoms with Crippen LogP contribution in [0.5, 0.6) is 0 Å². The average Bonchev–Trinajstić information content (AvgIpc) is 2.46. The highest BCUT2D eigenvalue weighted by Crippen LogP contribution is 2.36. The van der Waals surface area contributed by atoms with Crippen LogP contribution in [-0.2, 0) is 0 Å². The fourth-order valence-corrected chi connectivity index (χ4v) is 3.42. The summed E-state index contributed by atoms with van der Waals surface area (Å²) in [6.45, 7) is 6.61. The van der Waals surface area contributed by atoms with Crippen molar-refractivity contribution in [3.05, 3.63) is 54.1 Å². The molecule has 1 N–H and O–H groups in total. The van der Waals surface area contributed by atoms with Gasteiger partial charge < -0.3 is 5.32 Å². The lowest BCUT2D eigenvalue weighted by atomic mass is 9.89. The van der Waals surface area contributed by atoms with Crippen LogP contribution in [0.1, 0.15) is 26.3 Å². The van der Waals surface area contributed by atoms with E-state index in [-0.39, 0.29) is 5.54 Å². The summed E-state index contributed by atoms with van der Waals surface area (Å²) in [6.07, 6.45) is 4.42. The van der Waals surface area contributed by atoms with Crippen molar-refractivity contribution in [3.63, 3.8) is 0 Å². The number of nitrogens with one attached hydrogen (secondary N) is 1. The SMILES string of the molecule is CSc1cccc(-c2ccc3c(c2)C(C)=CC(C)(C)N3)c1. The Kier molecular flexibility index (Phi) is 3.58. The Labute approximate surface area is 131 Å². The van der Waals surface area contributed by atoms with Gasteiger partial charge in [-0.25, -0.2) is 0 Å². The first-order chi connectivity index (χ1) is 9.98. The van der Waals surface area contributed by atoms with Gasteiger partial charge in [0.15, 0.2) is 0 Å². The van der Waals surface area contributed by atoms with Gasteiger partial charge in [0, 0.05) is 16.1 Å². The molecule has 3 rings (SSSR count). The van der Waals surface area contributed by atoms with Gasteiger partial charge in [-0.1, -0.05) is 24.3 Å². The third kappa shape index (κ3) is 2.86. The first-order valence-corrected chi connectivity index (χ1v) is 8.47. The van der Waals surface area contributed by atoms with Crippen molar-refractivity contribution in [1.29, 1.82) is 0 Å². The van der Waals surface area contributed by atoms with Gasteiger partial charge in [-0.05, 0) is 68.0 Å². The Bertz CT molecular complexity index is 713. The van der Waals surface area contributed by atoms with E-state index in [1.807, 2.05) is 0 Å². The molecule has 0 amide bonds. The normalized spacial score (nSPS) is 15.9. The molecule has 0 unspecified atom stereocenters. The second-order valence-electron chi connectivity index (χ2n) is 6.17. The molecule has 108 valence electrons. The molecule has 2 aromatic rings. The summed E-state index contributed by atoms with van der Waals surface area (Å²) in [5, 5.41) is 3.59. The van der Waals surface area contributed by atoms with E-state index in [1.54, 1.807) is 11.8 Å². The molecule has 21 heavy (non-hydrogen) atoms. The van der Waals surface area contributed by atoms with Crippen molar-refractivity contribution < 1.29 is 0 Å². The number of rotatable bonds is 2. The summed E-state index contributed by atoms with van der Waals surface area (Å²) < 4.78 is 0. The molecule has 0 atom stereocenters. The highest BCUT2D eigenvalue weighted by Gasteiger charge is 2.22. The van der Waals surface area contributed by atoms with E-state index in [2.05, 4.69) is 80.9 Å². The zero-order valence-electron chi connectivity index (χ0n) is 13.0. The monoisotopic (exact) mass is 295 g/mol. The quantitative estimate of drug-likeness (QED) is 0.715. The van der Waals surface area contributed by atoms with Gasteiger partial charge in [-0.3, -0.25) is 0 Å². The largest absolute Gasteiger partial charge is 0.376 e. The molecule has 1 aliphatic rings. The third-order valence-electron chi connectivity index (χ3n) is 3.88. The number of thioether (sulfide) groups is 1. The van der Waals surface area contributed by atoms with Gasteiger partial charge in [-0.2, -0.15) is 0 Å². The van der Waals surface area contributed by atoms with Gasteiger partial charge in [0.25, 0.3) is 0 Å². The van der Waals surface area contributed by atoms with Crippen LogP contribution < -0.4 is 5.32 Å². The second kappa shape index (κ2) is 5.27. The van der Waals surface area contributed by atoms with Crippen LogP contribution in [0.25, 0.3) is 16.7 Å². The summed E-state index contributed by atoms with van der Waals surface area (Å²) in [5.41, 5.74) is 6.46. The first-order valence-electron chi connectivity index (χ1n) is 7.25. The Hall–Kier alpha value is -1.67. The Morgan fingerprint density at radius 1 is 1.00 bits per heavy atom. The highest BCUT2D eigenvalue weighted by atomic mass is 32.2. The molecule has 0 spiro atoms. The minimum absolute atomic E-state index is 0.0252. The van der Waals surface area contributed by atoms with Gasteiger partial charge >= 0.3 is 0 Å². The van der Waals surface area contributed by atoms with Crippen LogP contribution in [0.2, 0.25) is 0 Å². The third-order valence-corrected chi connectivity index (χ3v) is 4.61. The molecule has 2 aromatic carbocycles. The highest BCUT2D eigenvalue weighted by molar-refractivity contribution is 7.98. The van der Waals surface area contributed by atoms with E-state index in [1.165, 1.54) is 32.8 Å². The van der Waals surface area contributed by atoms with Crippen LogP contribution in [0.3, 0.4) is 0 Å². The Balaban J connectivity index is 2.06. The van der Waals surface area contributed by atoms with Crippen molar-refractivity contribution in [1.82, 2.24) is 0 Å². The lowest BCUT2D eigenvalue weighted by Gasteiger charge is -2.31. The minimum atomic E-state index is 0.0252. The van der Waals surface area contributed by atoms with E-state index < -0.39 is 0 Å². The van der Waals surface area contributed by atoms with Crippen molar-refractivity contribution in [2.45, 2.75) is 31.2 Å². The molecule has 1 heterocycles. The molecular formula is C19H21NS. The number of fused-ring (bicyclic) bond motifs is 1. The lowest BCUT2D eigenvalue weighted by molar-refractivity contribution is 0.707. The van der Waals surface area contributed by atoms with Crippen LogP contribution in [0.4, 0.5) is 5.69 Å². The molecule has 0 aromatic heterocycles. The average molecular weight is 295 g/mol. The lowest BCUT2D eigenvalue weighted by Crippen LogP contribution is -2.31. The Morgan fingerprint density at radius 3 is 2.52 bits per heavy atom. The molecule has 0 bridgehead atoms. The fraction of sp³-hybridized carbons (Fsp3) is 0.263. The van der Waals surface area contributed by atoms with Crippen molar-refractivity contribution in [3.8, 4) is 11.1 Å². The zero-order chi connectivity index (χ0) is 15.0. The van der Waals surface area contributed by atoms with Crippen molar-refractivity contribution in [2.24, 2.45) is 0 Å². The Morgan fingerprint density at radius 2 is 1.76 bits per heavy atom. The van der Waals surface area contributed by atoms with Crippen LogP contribution in [-0.4, -0.2) is 11.8 Å². The first kappa shape index (κ1) is 14.3. The summed E-state index contributed by atoms with van der Waals surface area (Å²) in [7, 11) is 0. The molecule has 0 radical (unpaired) electrons. The minimum Gasteiger partial charge on any atom is -0.376 e. The molecule has 0 saturated carbocycles. The number of benzene rings is 2. The molecule has 1 nitrogen and oxygen atoms in total. The maximum atomic E-state index is 3.59. The summed E-state index contributed by atoms with van der Waals surface area (Å²) in [6, 6.07) is 15.4. The maximum Gasteiger partial charge on any atom is 0.0505 e. The van der Waals surface area contributed by atoms with Crippen LogP contribution in [0, 0.1) is 0 Å². The van der Waals surface area contributed by atoms with Crippen molar-refractivity contribution in [2.75, 3.05) is 11.6 Å². The van der Waals surface area contributed by atoms with E-state index in [9.17, 15) is 0 Å². The van der Waals surface area contributed by atoms with E-state index in [0.717, 1.165) is 0 Å². The van der Waals surface area contributed by atoms with E-state index >= 15 is 0 Å². The predicted octanol–water partition coefficient (Wildman–Crippen LogP) is 5.68. The van der Waals surface area contributed by atoms with Gasteiger partial charge in [-0.15, -0.1) is 11.8 Å². The maximum absolute atomic E-state index is 3.59. The number of hydrogen-bond donors (Lipinski definition) is 1. The number of anilines is 1. The number of hydrogen-bond acceptors (Lipinski definition) is 2.